The predicted molar refractivity (Wildman–Crippen MR) is 78.1 cm³/mol. The molecule has 2 rings (SSSR count). The lowest BCUT2D eigenvalue weighted by Gasteiger charge is -2.20. The Labute approximate surface area is 120 Å². The minimum Gasteiger partial charge on any atom is -0.460 e. The highest BCUT2D eigenvalue weighted by Gasteiger charge is 2.59. The van der Waals surface area contributed by atoms with Crippen molar-refractivity contribution in [3.8, 4) is 0 Å². The van der Waals surface area contributed by atoms with Crippen LogP contribution < -0.4 is 0 Å². The van der Waals surface area contributed by atoms with Crippen molar-refractivity contribution in [2.75, 3.05) is 7.11 Å². The summed E-state index contributed by atoms with van der Waals surface area (Å²) < 4.78 is 13.0. The Bertz CT molecular complexity index is 524. The molecule has 1 aromatic heterocycles. The summed E-state index contributed by atoms with van der Waals surface area (Å²) in [7, 11) is 3.62. The van der Waals surface area contributed by atoms with Gasteiger partial charge in [-0.05, 0) is 51.5 Å². The number of carbonyl (C=O) groups excluding carboxylic acids is 1. The van der Waals surface area contributed by atoms with E-state index >= 15 is 0 Å². The van der Waals surface area contributed by atoms with Gasteiger partial charge in [0, 0.05) is 26.0 Å². The molecular formula is C16H23NO3. The van der Waals surface area contributed by atoms with Crippen molar-refractivity contribution < 1.29 is 14.3 Å². The number of esters is 1. The summed E-state index contributed by atoms with van der Waals surface area (Å²) in [5.41, 5.74) is 0.115. The molecule has 1 saturated carbocycles. The highest BCUT2D eigenvalue weighted by Crippen LogP contribution is 2.49. The molecule has 0 bridgehead atoms. The fourth-order valence-corrected chi connectivity index (χ4v) is 2.27. The van der Waals surface area contributed by atoms with Crippen molar-refractivity contribution in [2.45, 2.75) is 38.4 Å². The molecule has 1 aliphatic rings. The first kappa shape index (κ1) is 14.9. The molecule has 0 radical (unpaired) electrons. The maximum Gasteiger partial charge on any atom is 0.312 e. The van der Waals surface area contributed by atoms with Gasteiger partial charge in [0.2, 0.25) is 0 Å². The van der Waals surface area contributed by atoms with Crippen molar-refractivity contribution in [2.24, 2.45) is 13.0 Å². The first-order valence-electron chi connectivity index (χ1n) is 6.86. The van der Waals surface area contributed by atoms with Crippen LogP contribution in [-0.2, 0) is 21.3 Å². The molecule has 0 aliphatic heterocycles. The highest BCUT2D eigenvalue weighted by molar-refractivity contribution is 5.79. The lowest BCUT2D eigenvalue weighted by Crippen LogP contribution is -2.27. The number of methoxy groups -OCH3 is 1. The zero-order valence-corrected chi connectivity index (χ0v) is 12.8. The van der Waals surface area contributed by atoms with E-state index < -0.39 is 11.2 Å². The number of hydrogen-bond acceptors (Lipinski definition) is 3. The van der Waals surface area contributed by atoms with Crippen LogP contribution >= 0.6 is 0 Å². The number of rotatable bonds is 4. The lowest BCUT2D eigenvalue weighted by atomic mass is 10.2. The molecule has 1 aliphatic carbocycles. The van der Waals surface area contributed by atoms with Gasteiger partial charge in [-0.3, -0.25) is 4.79 Å². The Morgan fingerprint density at radius 2 is 2.20 bits per heavy atom. The largest absolute Gasteiger partial charge is 0.460 e. The van der Waals surface area contributed by atoms with Gasteiger partial charge in [0.1, 0.15) is 11.2 Å². The number of nitrogens with zero attached hydrogens (tertiary/aromatic N) is 1. The van der Waals surface area contributed by atoms with Gasteiger partial charge in [-0.2, -0.15) is 0 Å². The molecule has 1 aromatic rings. The first-order valence-corrected chi connectivity index (χ1v) is 6.86. The van der Waals surface area contributed by atoms with Crippen LogP contribution in [0.2, 0.25) is 0 Å². The molecule has 4 nitrogen and oxygen atoms in total. The van der Waals surface area contributed by atoms with E-state index in [-0.39, 0.29) is 11.9 Å². The normalized spacial score (nSPS) is 25.9. The molecule has 0 N–H and O–H groups in total. The van der Waals surface area contributed by atoms with Crippen LogP contribution in [0.1, 0.15) is 32.9 Å². The second-order valence-electron chi connectivity index (χ2n) is 6.33. The van der Waals surface area contributed by atoms with E-state index in [9.17, 15) is 4.79 Å². The van der Waals surface area contributed by atoms with Gasteiger partial charge in [-0.15, -0.1) is 0 Å². The highest BCUT2D eigenvalue weighted by atomic mass is 16.6. The number of aromatic nitrogens is 1. The van der Waals surface area contributed by atoms with E-state index in [0.717, 1.165) is 5.69 Å². The fraction of sp³-hybridized carbons (Fsp3) is 0.562. The molecule has 0 spiro atoms. The zero-order chi connectivity index (χ0) is 15.0. The lowest BCUT2D eigenvalue weighted by molar-refractivity contribution is -0.158. The third-order valence-corrected chi connectivity index (χ3v) is 3.54. The van der Waals surface area contributed by atoms with Gasteiger partial charge >= 0.3 is 5.97 Å². The molecular weight excluding hydrogens is 254 g/mol. The SMILES string of the molecule is CO[C@]1(/C=C/c2cccn2C)C[C@H]1C(=O)OC(C)(C)C. The summed E-state index contributed by atoms with van der Waals surface area (Å²) in [6.45, 7) is 5.63. The van der Waals surface area contributed by atoms with Gasteiger partial charge in [0.15, 0.2) is 0 Å². The van der Waals surface area contributed by atoms with Gasteiger partial charge in [-0.1, -0.05) is 0 Å². The third-order valence-electron chi connectivity index (χ3n) is 3.54. The van der Waals surface area contributed by atoms with Crippen molar-refractivity contribution in [1.82, 2.24) is 4.57 Å². The van der Waals surface area contributed by atoms with Crippen LogP contribution in [0.15, 0.2) is 24.4 Å². The molecule has 0 saturated heterocycles. The van der Waals surface area contributed by atoms with E-state index in [0.29, 0.717) is 6.42 Å². The van der Waals surface area contributed by atoms with Crippen molar-refractivity contribution in [1.29, 1.82) is 0 Å². The summed E-state index contributed by atoms with van der Waals surface area (Å²) in [6.07, 6.45) is 6.63. The second-order valence-corrected chi connectivity index (χ2v) is 6.33. The molecule has 0 unspecified atom stereocenters. The van der Waals surface area contributed by atoms with Gasteiger partial charge in [0.25, 0.3) is 0 Å². The number of hydrogen-bond donors (Lipinski definition) is 0. The average molecular weight is 277 g/mol. The third kappa shape index (κ3) is 3.12. The van der Waals surface area contributed by atoms with Crippen molar-refractivity contribution in [3.63, 3.8) is 0 Å². The predicted octanol–water partition coefficient (Wildman–Crippen LogP) is 2.79. The van der Waals surface area contributed by atoms with Crippen LogP contribution in [0.25, 0.3) is 6.08 Å². The molecule has 0 amide bonds. The molecule has 0 aromatic carbocycles. The second kappa shape index (κ2) is 5.09. The van der Waals surface area contributed by atoms with E-state index in [2.05, 4.69) is 0 Å². The van der Waals surface area contributed by atoms with E-state index in [1.165, 1.54) is 0 Å². The Morgan fingerprint density at radius 1 is 1.50 bits per heavy atom. The Morgan fingerprint density at radius 3 is 2.70 bits per heavy atom. The molecule has 110 valence electrons. The summed E-state index contributed by atoms with van der Waals surface area (Å²) in [5.74, 6) is -0.390. The van der Waals surface area contributed by atoms with E-state index in [4.69, 9.17) is 9.47 Å². The molecule has 1 heterocycles. The maximum absolute atomic E-state index is 12.1. The molecule has 2 atom stereocenters. The monoisotopic (exact) mass is 277 g/mol. The standard InChI is InChI=1S/C16H23NO3/c1-15(2,3)20-14(18)13-11-16(13,19-5)9-8-12-7-6-10-17(12)4/h6-10,13H,11H2,1-5H3/b9-8+/t13-,16+/m0/s1. The minimum absolute atomic E-state index is 0.184. The summed E-state index contributed by atoms with van der Waals surface area (Å²) in [5, 5.41) is 0. The van der Waals surface area contributed by atoms with Crippen LogP contribution in [0, 0.1) is 5.92 Å². The summed E-state index contributed by atoms with van der Waals surface area (Å²) in [4.78, 5) is 12.1. The quantitative estimate of drug-likeness (QED) is 0.795. The van der Waals surface area contributed by atoms with Crippen LogP contribution in [-0.4, -0.2) is 28.8 Å². The van der Waals surface area contributed by atoms with E-state index in [1.807, 2.05) is 62.9 Å². The van der Waals surface area contributed by atoms with Gasteiger partial charge in [0.05, 0.1) is 5.92 Å². The number of aryl methyl sites for hydroxylation is 1. The summed E-state index contributed by atoms with van der Waals surface area (Å²) >= 11 is 0. The zero-order valence-electron chi connectivity index (χ0n) is 12.8. The Balaban J connectivity index is 2.05. The molecule has 4 heteroatoms. The van der Waals surface area contributed by atoms with Crippen LogP contribution in [0.5, 0.6) is 0 Å². The molecule has 20 heavy (non-hydrogen) atoms. The van der Waals surface area contributed by atoms with Crippen molar-refractivity contribution >= 4 is 12.0 Å². The number of carbonyl (C=O) groups is 1. The van der Waals surface area contributed by atoms with E-state index in [1.54, 1.807) is 7.11 Å². The average Bonchev–Trinajstić information content (AvgIpc) is 2.94. The Kier molecular flexibility index (Phi) is 3.78. The van der Waals surface area contributed by atoms with Gasteiger partial charge in [-0.25, -0.2) is 0 Å². The fourth-order valence-electron chi connectivity index (χ4n) is 2.27. The number of ether oxygens (including phenoxy) is 2. The first-order chi connectivity index (χ1) is 9.27. The minimum atomic E-state index is -0.507. The van der Waals surface area contributed by atoms with Crippen molar-refractivity contribution in [3.05, 3.63) is 30.1 Å². The van der Waals surface area contributed by atoms with Crippen LogP contribution in [0.4, 0.5) is 0 Å². The topological polar surface area (TPSA) is 40.5 Å². The Hall–Kier alpha value is -1.55. The molecule has 1 fully saturated rings. The maximum atomic E-state index is 12.1. The van der Waals surface area contributed by atoms with Crippen LogP contribution in [0.3, 0.4) is 0 Å². The van der Waals surface area contributed by atoms with Gasteiger partial charge < -0.3 is 14.0 Å². The summed E-state index contributed by atoms with van der Waals surface area (Å²) in [6, 6.07) is 4.00. The smallest absolute Gasteiger partial charge is 0.312 e.